The highest BCUT2D eigenvalue weighted by molar-refractivity contribution is 7.86. The SMILES string of the molecule is CCN(C)S(=O)(=O)N1CCC2(CC1)NC(=O)C[C@H]2C(=O)O. The molecule has 120 valence electrons. The Labute approximate surface area is 124 Å². The normalized spacial score (nSPS) is 26.2. The highest BCUT2D eigenvalue weighted by Gasteiger charge is 2.52. The van der Waals surface area contributed by atoms with E-state index in [4.69, 9.17) is 0 Å². The third kappa shape index (κ3) is 2.77. The van der Waals surface area contributed by atoms with Gasteiger partial charge in [-0.25, -0.2) is 0 Å². The lowest BCUT2D eigenvalue weighted by molar-refractivity contribution is -0.144. The summed E-state index contributed by atoms with van der Waals surface area (Å²) in [7, 11) is -1.99. The summed E-state index contributed by atoms with van der Waals surface area (Å²) in [6.45, 7) is 2.56. The van der Waals surface area contributed by atoms with Crippen LogP contribution in [0.3, 0.4) is 0 Å². The van der Waals surface area contributed by atoms with Crippen molar-refractivity contribution in [3.63, 3.8) is 0 Å². The molecule has 2 saturated heterocycles. The molecule has 1 spiro atoms. The fourth-order valence-corrected chi connectivity index (χ4v) is 4.43. The van der Waals surface area contributed by atoms with Crippen LogP contribution >= 0.6 is 0 Å². The van der Waals surface area contributed by atoms with E-state index >= 15 is 0 Å². The van der Waals surface area contributed by atoms with Crippen molar-refractivity contribution in [3.05, 3.63) is 0 Å². The molecule has 1 atom stereocenters. The summed E-state index contributed by atoms with van der Waals surface area (Å²) >= 11 is 0. The highest BCUT2D eigenvalue weighted by atomic mass is 32.2. The molecule has 0 aromatic rings. The zero-order chi connectivity index (χ0) is 15.8. The van der Waals surface area contributed by atoms with Crippen molar-refractivity contribution >= 4 is 22.1 Å². The van der Waals surface area contributed by atoms with Crippen molar-refractivity contribution in [3.8, 4) is 0 Å². The molecule has 2 rings (SSSR count). The Morgan fingerprint density at radius 3 is 2.52 bits per heavy atom. The van der Waals surface area contributed by atoms with Gasteiger partial charge in [-0.1, -0.05) is 6.92 Å². The van der Waals surface area contributed by atoms with Gasteiger partial charge in [0.2, 0.25) is 5.91 Å². The van der Waals surface area contributed by atoms with Gasteiger partial charge in [-0.15, -0.1) is 0 Å². The number of carbonyl (C=O) groups is 2. The van der Waals surface area contributed by atoms with Crippen molar-refractivity contribution in [2.45, 2.75) is 31.7 Å². The van der Waals surface area contributed by atoms with Gasteiger partial charge in [0.1, 0.15) is 0 Å². The Morgan fingerprint density at radius 2 is 2.05 bits per heavy atom. The quantitative estimate of drug-likeness (QED) is 0.708. The lowest BCUT2D eigenvalue weighted by Gasteiger charge is -2.41. The maximum atomic E-state index is 12.2. The molecule has 0 aliphatic carbocycles. The molecule has 2 aliphatic heterocycles. The summed E-state index contributed by atoms with van der Waals surface area (Å²) in [4.78, 5) is 22.9. The molecule has 8 nitrogen and oxygen atoms in total. The molecule has 0 bridgehead atoms. The predicted molar refractivity (Wildman–Crippen MR) is 74.6 cm³/mol. The van der Waals surface area contributed by atoms with Gasteiger partial charge in [-0.2, -0.15) is 17.0 Å². The second-order valence-electron chi connectivity index (χ2n) is 5.62. The maximum Gasteiger partial charge on any atom is 0.309 e. The first-order valence-corrected chi connectivity index (χ1v) is 8.38. The highest BCUT2D eigenvalue weighted by Crippen LogP contribution is 2.37. The van der Waals surface area contributed by atoms with Crippen LogP contribution in [0, 0.1) is 5.92 Å². The Balaban J connectivity index is 2.13. The van der Waals surface area contributed by atoms with Gasteiger partial charge >= 0.3 is 5.97 Å². The van der Waals surface area contributed by atoms with Crippen LogP contribution in [-0.4, -0.2) is 66.2 Å². The minimum atomic E-state index is -3.50. The molecule has 0 aromatic heterocycles. The number of nitrogens with zero attached hydrogens (tertiary/aromatic N) is 2. The number of carboxylic acid groups (broad SMARTS) is 1. The van der Waals surface area contributed by atoms with Gasteiger partial charge in [0.15, 0.2) is 0 Å². The first-order valence-electron chi connectivity index (χ1n) is 6.98. The Kier molecular flexibility index (Phi) is 4.27. The molecule has 2 heterocycles. The summed E-state index contributed by atoms with van der Waals surface area (Å²) in [5, 5.41) is 12.0. The van der Waals surface area contributed by atoms with Crippen molar-refractivity contribution < 1.29 is 23.1 Å². The lowest BCUT2D eigenvalue weighted by atomic mass is 9.78. The monoisotopic (exact) mass is 319 g/mol. The number of carboxylic acids is 1. The van der Waals surface area contributed by atoms with Crippen LogP contribution in [0.4, 0.5) is 0 Å². The van der Waals surface area contributed by atoms with E-state index in [-0.39, 0.29) is 25.4 Å². The topological polar surface area (TPSA) is 107 Å². The van der Waals surface area contributed by atoms with Gasteiger partial charge in [0.05, 0.1) is 11.5 Å². The average molecular weight is 319 g/mol. The summed E-state index contributed by atoms with van der Waals surface area (Å²) in [5.41, 5.74) is -0.806. The van der Waals surface area contributed by atoms with Crippen LogP contribution in [0.15, 0.2) is 0 Å². The minimum Gasteiger partial charge on any atom is -0.481 e. The minimum absolute atomic E-state index is 0.0308. The molecule has 0 aromatic carbocycles. The second kappa shape index (κ2) is 5.54. The molecule has 21 heavy (non-hydrogen) atoms. The van der Waals surface area contributed by atoms with E-state index in [1.165, 1.54) is 15.7 Å². The molecule has 2 N–H and O–H groups in total. The summed E-state index contributed by atoms with van der Waals surface area (Å²) in [6, 6.07) is 0. The van der Waals surface area contributed by atoms with Gasteiger partial charge in [0, 0.05) is 33.1 Å². The number of piperidine rings is 1. The number of nitrogens with one attached hydrogen (secondary N) is 1. The van der Waals surface area contributed by atoms with E-state index in [0.29, 0.717) is 19.4 Å². The molecule has 0 unspecified atom stereocenters. The molecule has 0 saturated carbocycles. The third-order valence-electron chi connectivity index (χ3n) is 4.52. The number of hydrogen-bond acceptors (Lipinski definition) is 4. The number of aliphatic carboxylic acids is 1. The van der Waals surface area contributed by atoms with Crippen LogP contribution in [0.5, 0.6) is 0 Å². The van der Waals surface area contributed by atoms with Crippen molar-refractivity contribution in [2.75, 3.05) is 26.7 Å². The maximum absolute atomic E-state index is 12.2. The molecule has 1 amide bonds. The van der Waals surface area contributed by atoms with E-state index in [0.717, 1.165) is 0 Å². The lowest BCUT2D eigenvalue weighted by Crippen LogP contribution is -2.57. The van der Waals surface area contributed by atoms with E-state index in [1.807, 2.05) is 0 Å². The Morgan fingerprint density at radius 1 is 1.48 bits per heavy atom. The number of amides is 1. The van der Waals surface area contributed by atoms with Crippen LogP contribution in [0.25, 0.3) is 0 Å². The van der Waals surface area contributed by atoms with E-state index < -0.39 is 27.6 Å². The molecular formula is C12H21N3O5S. The van der Waals surface area contributed by atoms with Crippen molar-refractivity contribution in [1.82, 2.24) is 13.9 Å². The smallest absolute Gasteiger partial charge is 0.309 e. The van der Waals surface area contributed by atoms with E-state index in [2.05, 4.69) is 5.32 Å². The van der Waals surface area contributed by atoms with Gasteiger partial charge in [-0.3, -0.25) is 9.59 Å². The summed E-state index contributed by atoms with van der Waals surface area (Å²) in [6.07, 6.45) is 0.621. The number of rotatable bonds is 4. The Hall–Kier alpha value is -1.19. The van der Waals surface area contributed by atoms with E-state index in [1.54, 1.807) is 6.92 Å². The van der Waals surface area contributed by atoms with Crippen LogP contribution in [0.1, 0.15) is 26.2 Å². The molecule has 0 radical (unpaired) electrons. The van der Waals surface area contributed by atoms with Gasteiger partial charge in [-0.05, 0) is 12.8 Å². The molecule has 9 heteroatoms. The van der Waals surface area contributed by atoms with E-state index in [9.17, 15) is 23.1 Å². The van der Waals surface area contributed by atoms with Crippen molar-refractivity contribution in [2.24, 2.45) is 5.92 Å². The fourth-order valence-electron chi connectivity index (χ4n) is 3.07. The zero-order valence-electron chi connectivity index (χ0n) is 12.2. The predicted octanol–water partition coefficient (Wildman–Crippen LogP) is -0.762. The van der Waals surface area contributed by atoms with Crippen LogP contribution in [-0.2, 0) is 19.8 Å². The molecule has 2 fully saturated rings. The second-order valence-corrected chi connectivity index (χ2v) is 7.66. The number of carbonyl (C=O) groups excluding carboxylic acids is 1. The number of hydrogen-bond donors (Lipinski definition) is 2. The fraction of sp³-hybridized carbons (Fsp3) is 0.833. The zero-order valence-corrected chi connectivity index (χ0v) is 13.0. The largest absolute Gasteiger partial charge is 0.481 e. The molecule has 2 aliphatic rings. The van der Waals surface area contributed by atoms with Crippen LogP contribution in [0.2, 0.25) is 0 Å². The summed E-state index contributed by atoms with van der Waals surface area (Å²) < 4.78 is 27.1. The third-order valence-corrected chi connectivity index (χ3v) is 6.59. The Bertz CT molecular complexity index is 539. The first-order chi connectivity index (χ1) is 9.73. The van der Waals surface area contributed by atoms with Gasteiger partial charge in [0.25, 0.3) is 10.2 Å². The standard InChI is InChI=1S/C12H21N3O5S/c1-3-14(2)21(19,20)15-6-4-12(5-7-15)9(11(17)18)8-10(16)13-12/h9H,3-8H2,1-2H3,(H,13,16)(H,17,18)/t9-/m0/s1. The first kappa shape index (κ1) is 16.2. The molecular weight excluding hydrogens is 298 g/mol. The van der Waals surface area contributed by atoms with Gasteiger partial charge < -0.3 is 10.4 Å². The van der Waals surface area contributed by atoms with Crippen LogP contribution < -0.4 is 5.32 Å². The average Bonchev–Trinajstić information content (AvgIpc) is 2.75. The summed E-state index contributed by atoms with van der Waals surface area (Å²) in [5.74, 6) is -2.06. The van der Waals surface area contributed by atoms with Crippen molar-refractivity contribution in [1.29, 1.82) is 0 Å².